The second kappa shape index (κ2) is 5.67. The molecule has 1 fully saturated rings. The van der Waals surface area contributed by atoms with Crippen molar-refractivity contribution in [3.05, 3.63) is 18.0 Å². The molecule has 1 saturated carbocycles. The van der Waals surface area contributed by atoms with Crippen LogP contribution in [-0.4, -0.2) is 22.9 Å². The predicted molar refractivity (Wildman–Crippen MR) is 70.9 cm³/mol. The maximum Gasteiger partial charge on any atom is 0.0521 e. The van der Waals surface area contributed by atoms with Crippen molar-refractivity contribution in [2.45, 2.75) is 45.1 Å². The van der Waals surface area contributed by atoms with Gasteiger partial charge in [-0.05, 0) is 56.6 Å². The fraction of sp³-hybridized carbons (Fsp3) is 0.786. The molecule has 1 heterocycles. The molecule has 17 heavy (non-hydrogen) atoms. The summed E-state index contributed by atoms with van der Waals surface area (Å²) in [6.07, 6.45) is 10.7. The smallest absolute Gasteiger partial charge is 0.0521 e. The van der Waals surface area contributed by atoms with Crippen molar-refractivity contribution in [1.82, 2.24) is 15.1 Å². The summed E-state index contributed by atoms with van der Waals surface area (Å²) in [7, 11) is 4.10. The fourth-order valence-electron chi connectivity index (χ4n) is 3.15. The lowest BCUT2D eigenvalue weighted by molar-refractivity contribution is 0.211. The first kappa shape index (κ1) is 12.6. The van der Waals surface area contributed by atoms with E-state index in [4.69, 9.17) is 0 Å². The Morgan fingerprint density at radius 2 is 2.29 bits per heavy atom. The number of nitrogens with one attached hydrogen (secondary N) is 1. The average Bonchev–Trinajstić information content (AvgIpc) is 2.73. The van der Waals surface area contributed by atoms with Gasteiger partial charge in [0.05, 0.1) is 6.20 Å². The molecule has 96 valence electrons. The molecule has 0 amide bonds. The van der Waals surface area contributed by atoms with Gasteiger partial charge in [-0.25, -0.2) is 0 Å². The molecular formula is C14H25N3. The molecule has 0 spiro atoms. The van der Waals surface area contributed by atoms with Crippen molar-refractivity contribution >= 4 is 0 Å². The van der Waals surface area contributed by atoms with Crippen molar-refractivity contribution in [2.75, 3.05) is 7.05 Å². The van der Waals surface area contributed by atoms with Gasteiger partial charge in [0.1, 0.15) is 0 Å². The van der Waals surface area contributed by atoms with Crippen LogP contribution in [0, 0.1) is 11.8 Å². The maximum absolute atomic E-state index is 4.24. The highest BCUT2D eigenvalue weighted by Gasteiger charge is 2.27. The van der Waals surface area contributed by atoms with E-state index in [2.05, 4.69) is 30.6 Å². The first-order valence-corrected chi connectivity index (χ1v) is 6.84. The molecule has 0 aliphatic heterocycles. The minimum Gasteiger partial charge on any atom is -0.317 e. The van der Waals surface area contributed by atoms with E-state index in [1.54, 1.807) is 0 Å². The quantitative estimate of drug-likeness (QED) is 0.868. The molecule has 3 atom stereocenters. The SMILES string of the molecule is CNC1CCC(C)CC1CCc1cnn(C)c1. The molecule has 1 aliphatic carbocycles. The van der Waals surface area contributed by atoms with Crippen LogP contribution >= 0.6 is 0 Å². The molecule has 0 saturated heterocycles. The molecular weight excluding hydrogens is 210 g/mol. The van der Waals surface area contributed by atoms with Crippen LogP contribution in [0.15, 0.2) is 12.4 Å². The first-order chi connectivity index (χ1) is 8.19. The standard InChI is InChI=1S/C14H25N3/c1-11-4-7-14(15-2)13(8-11)6-5-12-9-16-17(3)10-12/h9-11,13-15H,4-8H2,1-3H3. The highest BCUT2D eigenvalue weighted by molar-refractivity contribution is 5.04. The Hall–Kier alpha value is -0.830. The number of hydrogen-bond donors (Lipinski definition) is 1. The summed E-state index contributed by atoms with van der Waals surface area (Å²) < 4.78 is 1.90. The third-order valence-corrected chi connectivity index (χ3v) is 4.18. The Balaban J connectivity index is 1.87. The molecule has 3 nitrogen and oxygen atoms in total. The summed E-state index contributed by atoms with van der Waals surface area (Å²) in [5.41, 5.74) is 1.38. The van der Waals surface area contributed by atoms with Crippen LogP contribution < -0.4 is 5.32 Å². The van der Waals surface area contributed by atoms with E-state index in [-0.39, 0.29) is 0 Å². The molecule has 0 radical (unpaired) electrons. The monoisotopic (exact) mass is 235 g/mol. The third-order valence-electron chi connectivity index (χ3n) is 4.18. The number of aryl methyl sites for hydroxylation is 2. The van der Waals surface area contributed by atoms with E-state index in [1.165, 1.54) is 37.7 Å². The van der Waals surface area contributed by atoms with Gasteiger partial charge in [0, 0.05) is 19.3 Å². The minimum absolute atomic E-state index is 0.725. The molecule has 1 aromatic rings. The van der Waals surface area contributed by atoms with Crippen LogP contribution in [0.1, 0.15) is 38.2 Å². The van der Waals surface area contributed by atoms with E-state index in [1.807, 2.05) is 17.9 Å². The number of hydrogen-bond acceptors (Lipinski definition) is 2. The van der Waals surface area contributed by atoms with Crippen LogP contribution in [0.2, 0.25) is 0 Å². The Morgan fingerprint density at radius 3 is 2.94 bits per heavy atom. The zero-order chi connectivity index (χ0) is 12.3. The van der Waals surface area contributed by atoms with Crippen molar-refractivity contribution in [1.29, 1.82) is 0 Å². The molecule has 1 aliphatic rings. The molecule has 3 unspecified atom stereocenters. The Bertz CT molecular complexity index is 345. The van der Waals surface area contributed by atoms with Crippen LogP contribution in [0.4, 0.5) is 0 Å². The number of nitrogens with zero attached hydrogens (tertiary/aromatic N) is 2. The van der Waals surface area contributed by atoms with Crippen molar-refractivity contribution in [3.63, 3.8) is 0 Å². The van der Waals surface area contributed by atoms with Gasteiger partial charge in [-0.3, -0.25) is 4.68 Å². The lowest BCUT2D eigenvalue weighted by Gasteiger charge is -2.34. The number of aromatic nitrogens is 2. The van der Waals surface area contributed by atoms with Crippen LogP contribution in [0.5, 0.6) is 0 Å². The topological polar surface area (TPSA) is 29.9 Å². The summed E-state index contributed by atoms with van der Waals surface area (Å²) in [4.78, 5) is 0. The first-order valence-electron chi connectivity index (χ1n) is 6.84. The van der Waals surface area contributed by atoms with Crippen LogP contribution in [-0.2, 0) is 13.5 Å². The second-order valence-corrected chi connectivity index (χ2v) is 5.63. The van der Waals surface area contributed by atoms with Gasteiger partial charge in [0.15, 0.2) is 0 Å². The highest BCUT2D eigenvalue weighted by Crippen LogP contribution is 2.31. The van der Waals surface area contributed by atoms with E-state index >= 15 is 0 Å². The van der Waals surface area contributed by atoms with Gasteiger partial charge >= 0.3 is 0 Å². The van der Waals surface area contributed by atoms with Crippen LogP contribution in [0.3, 0.4) is 0 Å². The minimum atomic E-state index is 0.725. The third kappa shape index (κ3) is 3.32. The summed E-state index contributed by atoms with van der Waals surface area (Å²) in [5, 5.41) is 7.73. The molecule has 3 heteroatoms. The summed E-state index contributed by atoms with van der Waals surface area (Å²) in [6, 6.07) is 0.725. The second-order valence-electron chi connectivity index (χ2n) is 5.63. The molecule has 1 N–H and O–H groups in total. The van der Waals surface area contributed by atoms with Crippen molar-refractivity contribution in [2.24, 2.45) is 18.9 Å². The summed E-state index contributed by atoms with van der Waals surface area (Å²) in [6.45, 7) is 2.39. The van der Waals surface area contributed by atoms with E-state index < -0.39 is 0 Å². The average molecular weight is 235 g/mol. The van der Waals surface area contributed by atoms with Gasteiger partial charge in [0.2, 0.25) is 0 Å². The highest BCUT2D eigenvalue weighted by atomic mass is 15.2. The molecule has 0 bridgehead atoms. The van der Waals surface area contributed by atoms with E-state index in [0.29, 0.717) is 0 Å². The zero-order valence-electron chi connectivity index (χ0n) is 11.3. The van der Waals surface area contributed by atoms with Gasteiger partial charge < -0.3 is 5.32 Å². The van der Waals surface area contributed by atoms with Gasteiger partial charge in [-0.15, -0.1) is 0 Å². The van der Waals surface area contributed by atoms with Gasteiger partial charge in [-0.2, -0.15) is 5.10 Å². The Kier molecular flexibility index (Phi) is 4.21. The van der Waals surface area contributed by atoms with E-state index in [9.17, 15) is 0 Å². The lowest BCUT2D eigenvalue weighted by Crippen LogP contribution is -2.38. The van der Waals surface area contributed by atoms with Gasteiger partial charge in [-0.1, -0.05) is 6.92 Å². The van der Waals surface area contributed by atoms with Crippen molar-refractivity contribution in [3.8, 4) is 0 Å². The van der Waals surface area contributed by atoms with Crippen molar-refractivity contribution < 1.29 is 0 Å². The fourth-order valence-corrected chi connectivity index (χ4v) is 3.15. The van der Waals surface area contributed by atoms with E-state index in [0.717, 1.165) is 17.9 Å². The summed E-state index contributed by atoms with van der Waals surface area (Å²) in [5.74, 6) is 1.74. The lowest BCUT2D eigenvalue weighted by atomic mass is 9.76. The van der Waals surface area contributed by atoms with Gasteiger partial charge in [0.25, 0.3) is 0 Å². The Morgan fingerprint density at radius 1 is 1.47 bits per heavy atom. The Labute approximate surface area is 105 Å². The maximum atomic E-state index is 4.24. The largest absolute Gasteiger partial charge is 0.317 e. The van der Waals surface area contributed by atoms with Crippen LogP contribution in [0.25, 0.3) is 0 Å². The molecule has 0 aromatic carbocycles. The normalized spacial score (nSPS) is 29.5. The molecule has 2 rings (SSSR count). The summed E-state index contributed by atoms with van der Waals surface area (Å²) >= 11 is 0. The predicted octanol–water partition coefficient (Wildman–Crippen LogP) is 2.38. The molecule has 1 aromatic heterocycles. The zero-order valence-corrected chi connectivity index (χ0v) is 11.3. The number of rotatable bonds is 4.